The average molecular weight is 225 g/mol. The Balaban J connectivity index is 2.56. The van der Waals surface area contributed by atoms with Gasteiger partial charge in [-0.15, -0.1) is 0 Å². The molecule has 78 valence electrons. The van der Waals surface area contributed by atoms with Gasteiger partial charge in [0.1, 0.15) is 11.3 Å². The number of carboxylic acids is 1. The largest absolute Gasteiger partial charge is 0.481 e. The molecule has 2 aromatic rings. The van der Waals surface area contributed by atoms with E-state index in [-0.39, 0.29) is 6.42 Å². The maximum atomic E-state index is 10.6. The first kappa shape index (κ1) is 9.98. The topological polar surface area (TPSA) is 66.0 Å². The van der Waals surface area contributed by atoms with Gasteiger partial charge in [-0.1, -0.05) is 11.6 Å². The molecule has 0 bridgehead atoms. The van der Waals surface area contributed by atoms with Crippen LogP contribution in [-0.4, -0.2) is 21.0 Å². The van der Waals surface area contributed by atoms with Crippen LogP contribution >= 0.6 is 11.6 Å². The molecule has 0 amide bonds. The molecule has 0 fully saturated rings. The van der Waals surface area contributed by atoms with E-state index in [9.17, 15) is 4.79 Å². The van der Waals surface area contributed by atoms with E-state index in [1.807, 2.05) is 6.92 Å². The Morgan fingerprint density at radius 3 is 3.00 bits per heavy atom. The third-order valence-corrected chi connectivity index (χ3v) is 2.36. The third-order valence-electron chi connectivity index (χ3n) is 2.07. The predicted octanol–water partition coefficient (Wildman–Crippen LogP) is 2.15. The fraction of sp³-hybridized carbons (Fsp3) is 0.200. The van der Waals surface area contributed by atoms with E-state index in [4.69, 9.17) is 16.7 Å². The quantitative estimate of drug-likeness (QED) is 0.822. The summed E-state index contributed by atoms with van der Waals surface area (Å²) >= 11 is 5.98. The summed E-state index contributed by atoms with van der Waals surface area (Å²) in [5, 5.41) is 9.15. The summed E-state index contributed by atoms with van der Waals surface area (Å²) in [6.45, 7) is 1.83. The van der Waals surface area contributed by atoms with Crippen molar-refractivity contribution in [2.75, 3.05) is 0 Å². The van der Waals surface area contributed by atoms with Crippen molar-refractivity contribution in [3.8, 4) is 0 Å². The first-order valence-corrected chi connectivity index (χ1v) is 4.80. The monoisotopic (exact) mass is 224 g/mol. The van der Waals surface area contributed by atoms with Gasteiger partial charge < -0.3 is 10.1 Å². The van der Waals surface area contributed by atoms with Crippen molar-refractivity contribution in [3.63, 3.8) is 0 Å². The molecule has 0 atom stereocenters. The number of rotatable bonds is 2. The van der Waals surface area contributed by atoms with Crippen molar-refractivity contribution in [2.24, 2.45) is 0 Å². The minimum atomic E-state index is -0.873. The molecule has 0 unspecified atom stereocenters. The van der Waals surface area contributed by atoms with Crippen LogP contribution in [0.1, 0.15) is 11.4 Å². The van der Waals surface area contributed by atoms with E-state index in [2.05, 4.69) is 9.97 Å². The number of aromatic amines is 1. The van der Waals surface area contributed by atoms with Gasteiger partial charge in [0.15, 0.2) is 0 Å². The molecule has 1 heterocycles. The first-order chi connectivity index (χ1) is 7.06. The number of fused-ring (bicyclic) bond motifs is 1. The molecule has 0 aliphatic rings. The SMILES string of the molecule is Cc1nc2c(Cl)cc(CC(=O)O)cc2[nH]1. The van der Waals surface area contributed by atoms with E-state index in [1.54, 1.807) is 12.1 Å². The highest BCUT2D eigenvalue weighted by Gasteiger charge is 2.08. The van der Waals surface area contributed by atoms with E-state index in [0.29, 0.717) is 16.1 Å². The van der Waals surface area contributed by atoms with Gasteiger partial charge in [0.05, 0.1) is 17.0 Å². The zero-order valence-electron chi connectivity index (χ0n) is 8.04. The number of aryl methyl sites for hydroxylation is 1. The molecule has 0 radical (unpaired) electrons. The number of hydrogen-bond acceptors (Lipinski definition) is 2. The van der Waals surface area contributed by atoms with Gasteiger partial charge in [-0.2, -0.15) is 0 Å². The van der Waals surface area contributed by atoms with Gasteiger partial charge in [0, 0.05) is 0 Å². The molecular formula is C10H9ClN2O2. The fourth-order valence-corrected chi connectivity index (χ4v) is 1.82. The zero-order chi connectivity index (χ0) is 11.0. The van der Waals surface area contributed by atoms with Crippen LogP contribution in [-0.2, 0) is 11.2 Å². The van der Waals surface area contributed by atoms with Gasteiger partial charge in [-0.05, 0) is 24.6 Å². The number of aromatic nitrogens is 2. The summed E-state index contributed by atoms with van der Waals surface area (Å²) in [7, 11) is 0. The van der Waals surface area contributed by atoms with Gasteiger partial charge in [-0.3, -0.25) is 4.79 Å². The second-order valence-corrected chi connectivity index (χ2v) is 3.77. The van der Waals surface area contributed by atoms with Crippen LogP contribution in [0.3, 0.4) is 0 Å². The average Bonchev–Trinajstić information content (AvgIpc) is 2.44. The molecule has 1 aromatic carbocycles. The number of halogens is 1. The van der Waals surface area contributed by atoms with Crippen LogP contribution in [0.25, 0.3) is 11.0 Å². The van der Waals surface area contributed by atoms with Crippen LogP contribution in [0.2, 0.25) is 5.02 Å². The molecule has 2 N–H and O–H groups in total. The van der Waals surface area contributed by atoms with Crippen LogP contribution < -0.4 is 0 Å². The normalized spacial score (nSPS) is 10.8. The van der Waals surface area contributed by atoms with E-state index >= 15 is 0 Å². The summed E-state index contributed by atoms with van der Waals surface area (Å²) in [6, 6.07) is 3.40. The van der Waals surface area contributed by atoms with E-state index < -0.39 is 5.97 Å². The summed E-state index contributed by atoms with van der Waals surface area (Å²) in [6.07, 6.45) is -0.0340. The van der Waals surface area contributed by atoms with Gasteiger partial charge >= 0.3 is 5.97 Å². The molecule has 0 aliphatic heterocycles. The number of carboxylic acid groups (broad SMARTS) is 1. The lowest BCUT2D eigenvalue weighted by Crippen LogP contribution is -1.99. The molecule has 15 heavy (non-hydrogen) atoms. The molecule has 1 aromatic heterocycles. The van der Waals surface area contributed by atoms with Crippen LogP contribution in [0, 0.1) is 6.92 Å². The van der Waals surface area contributed by atoms with Crippen molar-refractivity contribution in [1.82, 2.24) is 9.97 Å². The minimum absolute atomic E-state index is 0.0340. The van der Waals surface area contributed by atoms with Crippen LogP contribution in [0.15, 0.2) is 12.1 Å². The maximum absolute atomic E-state index is 10.6. The second kappa shape index (κ2) is 3.55. The lowest BCUT2D eigenvalue weighted by molar-refractivity contribution is -0.136. The molecule has 0 saturated carbocycles. The Morgan fingerprint density at radius 1 is 1.60 bits per heavy atom. The first-order valence-electron chi connectivity index (χ1n) is 4.43. The highest BCUT2D eigenvalue weighted by molar-refractivity contribution is 6.35. The lowest BCUT2D eigenvalue weighted by Gasteiger charge is -1.98. The molecule has 5 heteroatoms. The Hall–Kier alpha value is -1.55. The Labute approximate surface area is 90.9 Å². The van der Waals surface area contributed by atoms with Gasteiger partial charge in [0.2, 0.25) is 0 Å². The Kier molecular flexibility index (Phi) is 2.36. The van der Waals surface area contributed by atoms with Crippen molar-refractivity contribution in [3.05, 3.63) is 28.5 Å². The maximum Gasteiger partial charge on any atom is 0.307 e. The number of nitrogens with zero attached hydrogens (tertiary/aromatic N) is 1. The molecule has 0 spiro atoms. The highest BCUT2D eigenvalue weighted by Crippen LogP contribution is 2.23. The fourth-order valence-electron chi connectivity index (χ4n) is 1.53. The van der Waals surface area contributed by atoms with Crippen molar-refractivity contribution in [1.29, 1.82) is 0 Å². The van der Waals surface area contributed by atoms with Gasteiger partial charge in [0.25, 0.3) is 0 Å². The van der Waals surface area contributed by atoms with Crippen molar-refractivity contribution >= 4 is 28.6 Å². The van der Waals surface area contributed by atoms with Crippen molar-refractivity contribution in [2.45, 2.75) is 13.3 Å². The van der Waals surface area contributed by atoms with Crippen LogP contribution in [0.5, 0.6) is 0 Å². The molecule has 0 saturated heterocycles. The highest BCUT2D eigenvalue weighted by atomic mass is 35.5. The van der Waals surface area contributed by atoms with E-state index in [1.165, 1.54) is 0 Å². The smallest absolute Gasteiger partial charge is 0.307 e. The number of imidazole rings is 1. The van der Waals surface area contributed by atoms with Crippen molar-refractivity contribution < 1.29 is 9.90 Å². The minimum Gasteiger partial charge on any atom is -0.481 e. The Morgan fingerprint density at radius 2 is 2.33 bits per heavy atom. The standard InChI is InChI=1S/C10H9ClN2O2/c1-5-12-8-3-6(4-9(14)15)2-7(11)10(8)13-5/h2-3H,4H2,1H3,(H,12,13)(H,14,15). The number of hydrogen-bond donors (Lipinski definition) is 2. The lowest BCUT2D eigenvalue weighted by atomic mass is 10.1. The molecular weight excluding hydrogens is 216 g/mol. The summed E-state index contributed by atoms with van der Waals surface area (Å²) in [4.78, 5) is 17.8. The van der Waals surface area contributed by atoms with Gasteiger partial charge in [-0.25, -0.2) is 4.98 Å². The predicted molar refractivity (Wildman–Crippen MR) is 57.2 cm³/mol. The summed E-state index contributed by atoms with van der Waals surface area (Å²) in [5.41, 5.74) is 2.13. The number of nitrogens with one attached hydrogen (secondary N) is 1. The zero-order valence-corrected chi connectivity index (χ0v) is 8.80. The number of carbonyl (C=O) groups is 1. The number of H-pyrrole nitrogens is 1. The second-order valence-electron chi connectivity index (χ2n) is 3.37. The van der Waals surface area contributed by atoms with Crippen LogP contribution in [0.4, 0.5) is 0 Å². The Bertz CT molecular complexity index is 533. The molecule has 4 nitrogen and oxygen atoms in total. The summed E-state index contributed by atoms with van der Waals surface area (Å²) in [5.74, 6) is -0.110. The third kappa shape index (κ3) is 1.94. The summed E-state index contributed by atoms with van der Waals surface area (Å²) < 4.78 is 0. The molecule has 2 rings (SSSR count). The molecule has 0 aliphatic carbocycles. The van der Waals surface area contributed by atoms with E-state index in [0.717, 1.165) is 11.3 Å². The number of benzene rings is 1. The number of aliphatic carboxylic acids is 1.